The normalized spacial score (nSPS) is 24.8. The van der Waals surface area contributed by atoms with E-state index in [9.17, 15) is 9.59 Å². The topological polar surface area (TPSA) is 49.4 Å². The maximum absolute atomic E-state index is 12.0. The molecule has 0 radical (unpaired) electrons. The van der Waals surface area contributed by atoms with Crippen molar-refractivity contribution in [3.63, 3.8) is 0 Å². The number of carbonyl (C=O) groups excluding carboxylic acids is 2. The van der Waals surface area contributed by atoms with E-state index in [1.54, 1.807) is 0 Å². The first kappa shape index (κ1) is 9.49. The number of imide groups is 1. The fourth-order valence-electron chi connectivity index (χ4n) is 2.42. The van der Waals surface area contributed by atoms with Gasteiger partial charge in [-0.1, -0.05) is 19.8 Å². The summed E-state index contributed by atoms with van der Waals surface area (Å²) >= 11 is 0. The zero-order valence-electron chi connectivity index (χ0n) is 8.51. The second kappa shape index (κ2) is 3.26. The highest BCUT2D eigenvalue weighted by atomic mass is 16.2. The van der Waals surface area contributed by atoms with Crippen LogP contribution >= 0.6 is 0 Å². The molecule has 4 nitrogen and oxygen atoms in total. The molecule has 2 rings (SSSR count). The van der Waals surface area contributed by atoms with Gasteiger partial charge in [-0.3, -0.25) is 9.69 Å². The summed E-state index contributed by atoms with van der Waals surface area (Å²) in [6, 6.07) is -0.196. The van der Waals surface area contributed by atoms with Gasteiger partial charge in [-0.05, 0) is 19.3 Å². The van der Waals surface area contributed by atoms with Crippen LogP contribution in [-0.4, -0.2) is 28.9 Å². The van der Waals surface area contributed by atoms with E-state index in [0.717, 1.165) is 32.1 Å². The van der Waals surface area contributed by atoms with E-state index in [2.05, 4.69) is 5.32 Å². The summed E-state index contributed by atoms with van der Waals surface area (Å²) in [5, 5.41) is 2.85. The fraction of sp³-hybridized carbons (Fsp3) is 0.800. The molecule has 1 spiro atoms. The lowest BCUT2D eigenvalue weighted by Crippen LogP contribution is -2.44. The molecular formula is C10H16N2O2. The van der Waals surface area contributed by atoms with E-state index >= 15 is 0 Å². The Kier molecular flexibility index (Phi) is 2.21. The largest absolute Gasteiger partial charge is 0.325 e. The Morgan fingerprint density at radius 1 is 1.36 bits per heavy atom. The van der Waals surface area contributed by atoms with Crippen molar-refractivity contribution in [3.05, 3.63) is 0 Å². The molecule has 0 aromatic carbocycles. The molecule has 1 N–H and O–H groups in total. The molecule has 1 aliphatic carbocycles. The van der Waals surface area contributed by atoms with E-state index < -0.39 is 5.54 Å². The minimum Gasteiger partial charge on any atom is -0.323 e. The number of amides is 3. The second-order valence-electron chi connectivity index (χ2n) is 4.18. The number of nitrogens with zero attached hydrogens (tertiary/aromatic N) is 1. The first-order valence-corrected chi connectivity index (χ1v) is 5.34. The smallest absolute Gasteiger partial charge is 0.323 e. The molecule has 1 aliphatic heterocycles. The van der Waals surface area contributed by atoms with Crippen LogP contribution in [0.3, 0.4) is 0 Å². The van der Waals surface area contributed by atoms with Gasteiger partial charge < -0.3 is 5.32 Å². The summed E-state index contributed by atoms with van der Waals surface area (Å²) in [6.45, 7) is 2.52. The van der Waals surface area contributed by atoms with Crippen LogP contribution in [0.5, 0.6) is 0 Å². The van der Waals surface area contributed by atoms with Crippen LogP contribution < -0.4 is 5.32 Å². The molecule has 0 bridgehead atoms. The van der Waals surface area contributed by atoms with E-state index in [4.69, 9.17) is 0 Å². The summed E-state index contributed by atoms with van der Waals surface area (Å²) in [6.07, 6.45) is 4.56. The van der Waals surface area contributed by atoms with Crippen LogP contribution in [0.2, 0.25) is 0 Å². The number of hydrogen-bond donors (Lipinski definition) is 1. The van der Waals surface area contributed by atoms with Crippen LogP contribution in [0, 0.1) is 0 Å². The highest BCUT2D eigenvalue weighted by molar-refractivity contribution is 6.07. The van der Waals surface area contributed by atoms with E-state index in [1.165, 1.54) is 4.90 Å². The summed E-state index contributed by atoms with van der Waals surface area (Å²) in [5.41, 5.74) is -0.522. The van der Waals surface area contributed by atoms with Crippen molar-refractivity contribution < 1.29 is 9.59 Å². The van der Waals surface area contributed by atoms with Crippen LogP contribution in [0.15, 0.2) is 0 Å². The van der Waals surface area contributed by atoms with Crippen molar-refractivity contribution >= 4 is 11.9 Å². The van der Waals surface area contributed by atoms with Crippen LogP contribution in [0.4, 0.5) is 4.79 Å². The average Bonchev–Trinajstić information content (AvgIpc) is 2.69. The lowest BCUT2D eigenvalue weighted by Gasteiger charge is -2.19. The molecule has 2 fully saturated rings. The summed E-state index contributed by atoms with van der Waals surface area (Å²) in [4.78, 5) is 24.9. The SMILES string of the molecule is CCCN1C(=O)NC2(CCCC2)C1=O. The fourth-order valence-corrected chi connectivity index (χ4v) is 2.42. The summed E-state index contributed by atoms with van der Waals surface area (Å²) in [7, 11) is 0. The lowest BCUT2D eigenvalue weighted by molar-refractivity contribution is -0.131. The number of hydrogen-bond acceptors (Lipinski definition) is 2. The summed E-state index contributed by atoms with van der Waals surface area (Å²) in [5.74, 6) is 0.00171. The minimum absolute atomic E-state index is 0.00171. The monoisotopic (exact) mass is 196 g/mol. The molecule has 0 unspecified atom stereocenters. The molecule has 0 aromatic heterocycles. The zero-order valence-corrected chi connectivity index (χ0v) is 8.51. The van der Waals surface area contributed by atoms with E-state index in [-0.39, 0.29) is 11.9 Å². The molecule has 0 atom stereocenters. The van der Waals surface area contributed by atoms with Gasteiger partial charge in [-0.15, -0.1) is 0 Å². The van der Waals surface area contributed by atoms with Crippen LogP contribution in [0.25, 0.3) is 0 Å². The van der Waals surface area contributed by atoms with Gasteiger partial charge in [0, 0.05) is 6.54 Å². The standard InChI is InChI=1S/C10H16N2O2/c1-2-7-12-8(13)10(11-9(12)14)5-3-4-6-10/h2-7H2,1H3,(H,11,14). The first-order valence-electron chi connectivity index (χ1n) is 5.34. The Morgan fingerprint density at radius 2 is 2.00 bits per heavy atom. The minimum atomic E-state index is -0.522. The molecule has 0 aromatic rings. The molecule has 1 heterocycles. The Labute approximate surface area is 83.6 Å². The maximum Gasteiger partial charge on any atom is 0.325 e. The molecule has 2 aliphatic rings. The van der Waals surface area contributed by atoms with Crippen molar-refractivity contribution in [1.29, 1.82) is 0 Å². The average molecular weight is 196 g/mol. The Hall–Kier alpha value is -1.06. The quantitative estimate of drug-likeness (QED) is 0.676. The first-order chi connectivity index (χ1) is 6.69. The van der Waals surface area contributed by atoms with Crippen molar-refractivity contribution in [3.8, 4) is 0 Å². The van der Waals surface area contributed by atoms with E-state index in [0.29, 0.717) is 6.54 Å². The second-order valence-corrected chi connectivity index (χ2v) is 4.18. The van der Waals surface area contributed by atoms with Gasteiger partial charge in [0.1, 0.15) is 5.54 Å². The molecule has 3 amide bonds. The lowest BCUT2D eigenvalue weighted by atomic mass is 9.98. The van der Waals surface area contributed by atoms with Gasteiger partial charge >= 0.3 is 6.03 Å². The molecule has 4 heteroatoms. The van der Waals surface area contributed by atoms with Crippen molar-refractivity contribution in [2.75, 3.05) is 6.54 Å². The maximum atomic E-state index is 12.0. The van der Waals surface area contributed by atoms with Crippen molar-refractivity contribution in [2.45, 2.75) is 44.6 Å². The van der Waals surface area contributed by atoms with Gasteiger partial charge in [0.05, 0.1) is 0 Å². The number of urea groups is 1. The number of rotatable bonds is 2. The molecule has 14 heavy (non-hydrogen) atoms. The van der Waals surface area contributed by atoms with Crippen LogP contribution in [0.1, 0.15) is 39.0 Å². The number of nitrogens with one attached hydrogen (secondary N) is 1. The third-order valence-electron chi connectivity index (χ3n) is 3.15. The van der Waals surface area contributed by atoms with E-state index in [1.807, 2.05) is 6.92 Å². The summed E-state index contributed by atoms with van der Waals surface area (Å²) < 4.78 is 0. The number of carbonyl (C=O) groups is 2. The molecule has 78 valence electrons. The Morgan fingerprint density at radius 3 is 2.57 bits per heavy atom. The zero-order chi connectivity index (χ0) is 10.2. The molecular weight excluding hydrogens is 180 g/mol. The predicted molar refractivity (Wildman–Crippen MR) is 51.7 cm³/mol. The van der Waals surface area contributed by atoms with Gasteiger partial charge in [0.25, 0.3) is 5.91 Å². The Balaban J connectivity index is 2.18. The van der Waals surface area contributed by atoms with Gasteiger partial charge in [-0.2, -0.15) is 0 Å². The highest BCUT2D eigenvalue weighted by Gasteiger charge is 2.51. The van der Waals surface area contributed by atoms with Crippen molar-refractivity contribution in [1.82, 2.24) is 10.2 Å². The van der Waals surface area contributed by atoms with Gasteiger partial charge in [-0.25, -0.2) is 4.79 Å². The molecule has 1 saturated heterocycles. The van der Waals surface area contributed by atoms with Crippen molar-refractivity contribution in [2.24, 2.45) is 0 Å². The highest BCUT2D eigenvalue weighted by Crippen LogP contribution is 2.34. The third-order valence-corrected chi connectivity index (χ3v) is 3.15. The van der Waals surface area contributed by atoms with Gasteiger partial charge in [0.2, 0.25) is 0 Å². The Bertz CT molecular complexity index is 269. The van der Waals surface area contributed by atoms with Crippen LogP contribution in [-0.2, 0) is 4.79 Å². The predicted octanol–water partition coefficient (Wildman–Crippen LogP) is 1.26. The third kappa shape index (κ3) is 1.21. The molecule has 1 saturated carbocycles. The van der Waals surface area contributed by atoms with Gasteiger partial charge in [0.15, 0.2) is 0 Å².